The second kappa shape index (κ2) is 9.82. The Balaban J connectivity index is 2.52. The normalized spacial score (nSPS) is 26.9. The largest absolute Gasteiger partial charge is 0.382 e. The number of nitrogens with zero attached hydrogens (tertiary/aromatic N) is 1. The Morgan fingerprint density at radius 2 is 1.90 bits per heavy atom. The molecule has 15 heteroatoms. The third-order valence-corrected chi connectivity index (χ3v) is 5.23. The Bertz CT molecular complexity index is 976. The summed E-state index contributed by atoms with van der Waals surface area (Å²) >= 11 is 0. The Kier molecular flexibility index (Phi) is 8.14. The highest BCUT2D eigenvalue weighted by molar-refractivity contribution is 7.55. The molecule has 4 N–H and O–H groups in total. The van der Waals surface area contributed by atoms with Crippen LogP contribution in [0.25, 0.3) is 0 Å². The Morgan fingerprint density at radius 1 is 1.23 bits per heavy atom. The van der Waals surface area contributed by atoms with E-state index < -0.39 is 51.0 Å². The van der Waals surface area contributed by atoms with Crippen molar-refractivity contribution in [2.45, 2.75) is 31.5 Å². The molecule has 1 saturated heterocycles. The molecule has 0 radical (unpaired) electrons. The lowest BCUT2D eigenvalue weighted by Gasteiger charge is -2.25. The first kappa shape index (κ1) is 24.9. The third kappa shape index (κ3) is 6.81. The van der Waals surface area contributed by atoms with Gasteiger partial charge in [0.25, 0.3) is 5.56 Å². The number of ether oxygens (including phenoxy) is 3. The number of hydrogen-bond donors (Lipinski definition) is 4. The zero-order chi connectivity index (χ0) is 22.7. The molecule has 1 unspecified atom stereocenters. The van der Waals surface area contributed by atoms with E-state index in [1.54, 1.807) is 0 Å². The molecule has 1 aromatic rings. The van der Waals surface area contributed by atoms with Crippen molar-refractivity contribution in [2.75, 3.05) is 27.0 Å². The molecule has 0 saturated carbocycles. The number of aromatic amines is 1. The van der Waals surface area contributed by atoms with E-state index in [2.05, 4.69) is 4.98 Å². The molecule has 13 nitrogen and oxygen atoms in total. The molecule has 30 heavy (non-hydrogen) atoms. The molecule has 1 aliphatic heterocycles. The maximum Gasteiger partial charge on any atom is 0.348 e. The number of rotatable bonds is 9. The molecule has 2 rings (SSSR count). The minimum absolute atomic E-state index is 0.00759. The summed E-state index contributed by atoms with van der Waals surface area (Å²) in [5, 5.41) is 0. The highest BCUT2D eigenvalue weighted by Gasteiger charge is 2.49. The summed E-state index contributed by atoms with van der Waals surface area (Å²) in [6.07, 6.45) is -2.78. The first-order valence-electron chi connectivity index (χ1n) is 8.64. The fraction of sp³-hybridized carbons (Fsp3) is 0.600. The van der Waals surface area contributed by atoms with Crippen LogP contribution in [0.5, 0.6) is 0 Å². The van der Waals surface area contributed by atoms with E-state index in [1.165, 1.54) is 20.2 Å². The van der Waals surface area contributed by atoms with Gasteiger partial charge in [-0.2, -0.15) is 0 Å². The topological polar surface area (TPSA) is 187 Å². The molecule has 2 heterocycles. The van der Waals surface area contributed by atoms with E-state index >= 15 is 0 Å². The van der Waals surface area contributed by atoms with Crippen molar-refractivity contribution < 1.29 is 42.5 Å². The van der Waals surface area contributed by atoms with Crippen LogP contribution in [0.2, 0.25) is 0 Å². The molecule has 1 aliphatic rings. The first-order chi connectivity index (χ1) is 13.8. The van der Waals surface area contributed by atoms with Gasteiger partial charge in [0.15, 0.2) is 6.23 Å². The second-order valence-corrected chi connectivity index (χ2v) is 9.89. The SMILES string of the molecule is COCCO[C@@H]1[C@H](OP(C)(=O)O)[C@@H](/C=C/P(=O)(O)O)O[C@H]1n1cc(C)c(=O)[nH]c1=O. The quantitative estimate of drug-likeness (QED) is 0.273. The van der Waals surface area contributed by atoms with Gasteiger partial charge in [-0.15, -0.1) is 0 Å². The lowest BCUT2D eigenvalue weighted by Crippen LogP contribution is -2.40. The van der Waals surface area contributed by atoms with E-state index in [1.807, 2.05) is 0 Å². The van der Waals surface area contributed by atoms with Gasteiger partial charge in [-0.3, -0.25) is 28.0 Å². The van der Waals surface area contributed by atoms with Crippen molar-refractivity contribution in [1.82, 2.24) is 9.55 Å². The zero-order valence-corrected chi connectivity index (χ0v) is 18.2. The molecule has 1 fully saturated rings. The first-order valence-corrected chi connectivity index (χ1v) is 12.3. The van der Waals surface area contributed by atoms with E-state index in [-0.39, 0.29) is 18.8 Å². The van der Waals surface area contributed by atoms with Gasteiger partial charge in [-0.1, -0.05) is 0 Å². The van der Waals surface area contributed by atoms with Crippen molar-refractivity contribution in [3.8, 4) is 0 Å². The number of aromatic nitrogens is 2. The average molecular weight is 470 g/mol. The molecule has 1 aromatic heterocycles. The summed E-state index contributed by atoms with van der Waals surface area (Å²) in [6, 6.07) is 0. The number of hydrogen-bond acceptors (Lipinski definition) is 8. The summed E-state index contributed by atoms with van der Waals surface area (Å²) in [5.41, 5.74) is -1.26. The molecule has 170 valence electrons. The van der Waals surface area contributed by atoms with E-state index in [0.717, 1.165) is 17.3 Å². The lowest BCUT2D eigenvalue weighted by molar-refractivity contribution is -0.0763. The van der Waals surface area contributed by atoms with Gasteiger partial charge >= 0.3 is 20.9 Å². The van der Waals surface area contributed by atoms with Gasteiger partial charge in [-0.05, 0) is 13.0 Å². The average Bonchev–Trinajstić information content (AvgIpc) is 2.92. The highest BCUT2D eigenvalue weighted by atomic mass is 31.2. The minimum Gasteiger partial charge on any atom is -0.382 e. The number of methoxy groups -OCH3 is 1. The molecule has 0 amide bonds. The van der Waals surface area contributed by atoms with Gasteiger partial charge in [0.05, 0.1) is 13.2 Å². The summed E-state index contributed by atoms with van der Waals surface area (Å²) < 4.78 is 45.6. The summed E-state index contributed by atoms with van der Waals surface area (Å²) in [5.74, 6) is 0.557. The van der Waals surface area contributed by atoms with Crippen molar-refractivity contribution in [3.05, 3.63) is 44.5 Å². The van der Waals surface area contributed by atoms with E-state index in [0.29, 0.717) is 5.82 Å². The van der Waals surface area contributed by atoms with E-state index in [4.69, 9.17) is 28.5 Å². The second-order valence-electron chi connectivity index (χ2n) is 6.60. The van der Waals surface area contributed by atoms with Crippen molar-refractivity contribution in [1.29, 1.82) is 0 Å². The van der Waals surface area contributed by atoms with Crippen LogP contribution in [0, 0.1) is 6.92 Å². The number of H-pyrrole nitrogens is 1. The summed E-state index contributed by atoms with van der Waals surface area (Å²) in [4.78, 5) is 54.1. The maximum absolute atomic E-state index is 12.3. The van der Waals surface area contributed by atoms with Crippen LogP contribution in [0.1, 0.15) is 11.8 Å². The number of nitrogens with one attached hydrogen (secondary N) is 1. The summed E-state index contributed by atoms with van der Waals surface area (Å²) in [6.45, 7) is 2.51. The van der Waals surface area contributed by atoms with Crippen LogP contribution in [-0.4, -0.2) is 69.5 Å². The number of aryl methyl sites for hydroxylation is 1. The van der Waals surface area contributed by atoms with Crippen LogP contribution in [-0.2, 0) is 27.9 Å². The van der Waals surface area contributed by atoms with Gasteiger partial charge < -0.3 is 28.9 Å². The molecular formula is C15H24N2O11P2. The van der Waals surface area contributed by atoms with Crippen LogP contribution in [0.4, 0.5) is 0 Å². The Morgan fingerprint density at radius 3 is 2.47 bits per heavy atom. The predicted molar refractivity (Wildman–Crippen MR) is 103 cm³/mol. The third-order valence-electron chi connectivity index (χ3n) is 4.03. The fourth-order valence-electron chi connectivity index (χ4n) is 2.81. The predicted octanol–water partition coefficient (Wildman–Crippen LogP) is -0.334. The summed E-state index contributed by atoms with van der Waals surface area (Å²) in [7, 11) is -7.26. The van der Waals surface area contributed by atoms with Crippen molar-refractivity contribution in [3.63, 3.8) is 0 Å². The molecule has 0 aromatic carbocycles. The Hall–Kier alpha value is -1.40. The van der Waals surface area contributed by atoms with Gasteiger partial charge in [0, 0.05) is 31.4 Å². The van der Waals surface area contributed by atoms with Gasteiger partial charge in [0.2, 0.25) is 0 Å². The van der Waals surface area contributed by atoms with E-state index in [9.17, 15) is 23.6 Å². The Labute approximate surface area is 170 Å². The molecule has 5 atom stereocenters. The molecule has 0 aliphatic carbocycles. The molecule has 0 spiro atoms. The van der Waals surface area contributed by atoms with Crippen LogP contribution >= 0.6 is 15.2 Å². The smallest absolute Gasteiger partial charge is 0.348 e. The lowest BCUT2D eigenvalue weighted by atomic mass is 10.1. The van der Waals surface area contributed by atoms with Crippen LogP contribution < -0.4 is 11.2 Å². The maximum atomic E-state index is 12.3. The van der Waals surface area contributed by atoms with Gasteiger partial charge in [-0.25, -0.2) is 4.79 Å². The molecule has 0 bridgehead atoms. The van der Waals surface area contributed by atoms with Gasteiger partial charge in [0.1, 0.15) is 18.3 Å². The monoisotopic (exact) mass is 470 g/mol. The van der Waals surface area contributed by atoms with Crippen LogP contribution in [0.15, 0.2) is 27.7 Å². The standard InChI is InChI=1S/C15H24N2O11P2/c1-9-8-17(15(19)16-13(9)18)14-12(26-6-5-25-2)11(28-29(3,20)21)10(27-14)4-7-30(22,23)24/h4,7-8,10-12,14H,5-6H2,1-3H3,(H,20,21)(H,16,18,19)(H2,22,23,24)/b7-4+/t10-,11-,12-,14-/m1/s1. The van der Waals surface area contributed by atoms with Crippen molar-refractivity contribution >= 4 is 15.2 Å². The van der Waals surface area contributed by atoms with Crippen LogP contribution in [0.3, 0.4) is 0 Å². The zero-order valence-electron chi connectivity index (χ0n) is 16.4. The molecular weight excluding hydrogens is 446 g/mol. The fourth-order valence-corrected chi connectivity index (χ4v) is 3.89. The van der Waals surface area contributed by atoms with Crippen molar-refractivity contribution in [2.24, 2.45) is 0 Å². The highest BCUT2D eigenvalue weighted by Crippen LogP contribution is 2.46. The minimum atomic E-state index is -4.58.